The molecule has 0 radical (unpaired) electrons. The monoisotopic (exact) mass is 504 g/mol. The number of aliphatic hydroxyl groups excluding tert-OH is 4. The minimum atomic E-state index is -1.42. The van der Waals surface area contributed by atoms with Crippen LogP contribution in [0.25, 0.3) is 0 Å². The molecule has 5 rings (SSSR count). The third-order valence-electron chi connectivity index (χ3n) is 7.79. The van der Waals surface area contributed by atoms with Crippen molar-refractivity contribution in [2.24, 2.45) is 5.41 Å². The maximum absolute atomic E-state index is 10.5. The van der Waals surface area contributed by atoms with Gasteiger partial charge in [-0.3, -0.25) is 0 Å². The van der Waals surface area contributed by atoms with Gasteiger partial charge in [0, 0.05) is 18.2 Å². The van der Waals surface area contributed by atoms with Crippen molar-refractivity contribution >= 4 is 11.6 Å². The van der Waals surface area contributed by atoms with E-state index in [9.17, 15) is 20.4 Å². The Morgan fingerprint density at radius 2 is 1.66 bits per heavy atom. The Kier molecular flexibility index (Phi) is 7.38. The van der Waals surface area contributed by atoms with E-state index in [1.165, 1.54) is 0 Å². The number of aliphatic hydroxyl groups is 4. The van der Waals surface area contributed by atoms with Gasteiger partial charge in [-0.25, -0.2) is 0 Å². The summed E-state index contributed by atoms with van der Waals surface area (Å²) in [6.07, 6.45) is -0.692. The van der Waals surface area contributed by atoms with Crippen molar-refractivity contribution in [1.29, 1.82) is 0 Å². The fourth-order valence-electron chi connectivity index (χ4n) is 5.58. The van der Waals surface area contributed by atoms with Crippen LogP contribution in [0.4, 0.5) is 0 Å². The SMILES string of the molecule is OCC1OC(c2ccc(Cl)c(Cc3ccc(OC4CC5(CCOCC5)C4)cc3)c2)C(O)C(O)C1O. The molecule has 190 valence electrons. The molecule has 7 nitrogen and oxygen atoms in total. The fraction of sp³-hybridized carbons (Fsp3) is 0.556. The molecule has 2 aromatic rings. The fourth-order valence-corrected chi connectivity index (χ4v) is 5.77. The number of hydrogen-bond acceptors (Lipinski definition) is 7. The van der Waals surface area contributed by atoms with Gasteiger partial charge in [0.25, 0.3) is 0 Å². The molecule has 2 heterocycles. The summed E-state index contributed by atoms with van der Waals surface area (Å²) in [5.74, 6) is 0.863. The van der Waals surface area contributed by atoms with Gasteiger partial charge in [-0.1, -0.05) is 35.9 Å². The largest absolute Gasteiger partial charge is 0.490 e. The molecule has 0 aromatic heterocycles. The van der Waals surface area contributed by atoms with Gasteiger partial charge in [0.1, 0.15) is 36.3 Å². The van der Waals surface area contributed by atoms with Crippen LogP contribution >= 0.6 is 11.6 Å². The van der Waals surface area contributed by atoms with Crippen LogP contribution < -0.4 is 4.74 Å². The normalized spacial score (nSPS) is 30.7. The van der Waals surface area contributed by atoms with E-state index in [1.54, 1.807) is 12.1 Å². The maximum atomic E-state index is 10.5. The lowest BCUT2D eigenvalue weighted by Gasteiger charge is -2.49. The molecule has 5 atom stereocenters. The van der Waals surface area contributed by atoms with Gasteiger partial charge in [-0.2, -0.15) is 0 Å². The van der Waals surface area contributed by atoms with Gasteiger partial charge in [-0.05, 0) is 72.4 Å². The van der Waals surface area contributed by atoms with E-state index in [1.807, 2.05) is 30.3 Å². The number of hydrogen-bond donors (Lipinski definition) is 4. The summed E-state index contributed by atoms with van der Waals surface area (Å²) in [6, 6.07) is 13.3. The molecular weight excluding hydrogens is 472 g/mol. The van der Waals surface area contributed by atoms with Crippen molar-refractivity contribution in [2.75, 3.05) is 19.8 Å². The van der Waals surface area contributed by atoms with E-state index in [-0.39, 0.29) is 6.10 Å². The molecule has 2 aliphatic heterocycles. The molecule has 2 aromatic carbocycles. The lowest BCUT2D eigenvalue weighted by atomic mass is 9.62. The topological polar surface area (TPSA) is 109 Å². The van der Waals surface area contributed by atoms with Crippen LogP contribution in [0.3, 0.4) is 0 Å². The van der Waals surface area contributed by atoms with E-state index in [4.69, 9.17) is 25.8 Å². The van der Waals surface area contributed by atoms with Gasteiger partial charge >= 0.3 is 0 Å². The number of ether oxygens (including phenoxy) is 3. The van der Waals surface area contributed by atoms with Gasteiger partial charge in [0.05, 0.1) is 12.7 Å². The van der Waals surface area contributed by atoms with Gasteiger partial charge in [-0.15, -0.1) is 0 Å². The Morgan fingerprint density at radius 1 is 0.943 bits per heavy atom. The smallest absolute Gasteiger partial charge is 0.119 e. The molecule has 35 heavy (non-hydrogen) atoms. The summed E-state index contributed by atoms with van der Waals surface area (Å²) >= 11 is 6.46. The Bertz CT molecular complexity index is 997. The van der Waals surface area contributed by atoms with E-state index in [0.29, 0.717) is 22.4 Å². The van der Waals surface area contributed by atoms with Crippen LogP contribution in [-0.2, 0) is 15.9 Å². The van der Waals surface area contributed by atoms with Crippen molar-refractivity contribution < 1.29 is 34.6 Å². The summed E-state index contributed by atoms with van der Waals surface area (Å²) in [6.45, 7) is 1.26. The zero-order valence-electron chi connectivity index (χ0n) is 19.6. The maximum Gasteiger partial charge on any atom is 0.119 e. The van der Waals surface area contributed by atoms with Crippen molar-refractivity contribution in [3.05, 3.63) is 64.2 Å². The summed E-state index contributed by atoms with van der Waals surface area (Å²) in [5.41, 5.74) is 2.94. The van der Waals surface area contributed by atoms with Crippen LogP contribution in [0.2, 0.25) is 5.02 Å². The van der Waals surface area contributed by atoms with Gasteiger partial charge < -0.3 is 34.6 Å². The Balaban J connectivity index is 1.23. The summed E-state index contributed by atoms with van der Waals surface area (Å²) in [5, 5.41) is 40.7. The van der Waals surface area contributed by atoms with E-state index in [2.05, 4.69) is 0 Å². The van der Waals surface area contributed by atoms with E-state index < -0.39 is 37.1 Å². The van der Waals surface area contributed by atoms with Gasteiger partial charge in [0.15, 0.2) is 0 Å². The first-order chi connectivity index (χ1) is 16.9. The quantitative estimate of drug-likeness (QED) is 0.479. The van der Waals surface area contributed by atoms with Crippen LogP contribution in [0.5, 0.6) is 5.75 Å². The Hall–Kier alpha value is -1.71. The highest BCUT2D eigenvalue weighted by Gasteiger charge is 2.46. The van der Waals surface area contributed by atoms with Crippen LogP contribution in [0, 0.1) is 5.41 Å². The van der Waals surface area contributed by atoms with Gasteiger partial charge in [0.2, 0.25) is 0 Å². The average molecular weight is 505 g/mol. The number of benzene rings is 2. The van der Waals surface area contributed by atoms with Crippen molar-refractivity contribution in [2.45, 2.75) is 68.7 Å². The van der Waals surface area contributed by atoms with E-state index >= 15 is 0 Å². The first-order valence-corrected chi connectivity index (χ1v) is 12.7. The lowest BCUT2D eigenvalue weighted by molar-refractivity contribution is -0.231. The second-order valence-corrected chi connectivity index (χ2v) is 10.6. The predicted molar refractivity (Wildman–Crippen MR) is 130 cm³/mol. The molecule has 2 saturated heterocycles. The van der Waals surface area contributed by atoms with Crippen LogP contribution in [-0.4, -0.2) is 70.8 Å². The minimum Gasteiger partial charge on any atom is -0.490 e. The third kappa shape index (κ3) is 5.23. The molecule has 8 heteroatoms. The molecular formula is C27H33ClO7. The van der Waals surface area contributed by atoms with Crippen molar-refractivity contribution in [3.8, 4) is 5.75 Å². The standard InChI is InChI=1S/C27H33ClO7/c28-21-6-3-17(26-25(32)24(31)23(30)22(15-29)35-26)12-18(21)11-16-1-4-19(5-2-16)34-20-13-27(14-20)7-9-33-10-8-27/h1-6,12,20,22-26,29-32H,7-11,13-15H2. The molecule has 0 bridgehead atoms. The molecule has 3 fully saturated rings. The van der Waals surface area contributed by atoms with Crippen LogP contribution in [0.15, 0.2) is 42.5 Å². The molecule has 1 spiro atoms. The highest BCUT2D eigenvalue weighted by molar-refractivity contribution is 6.31. The predicted octanol–water partition coefficient (Wildman–Crippen LogP) is 2.78. The second kappa shape index (κ2) is 10.3. The molecule has 4 N–H and O–H groups in total. The molecule has 1 aliphatic carbocycles. The average Bonchev–Trinajstić information content (AvgIpc) is 2.85. The molecule has 0 amide bonds. The second-order valence-electron chi connectivity index (χ2n) is 10.2. The van der Waals surface area contributed by atoms with Crippen molar-refractivity contribution in [3.63, 3.8) is 0 Å². The van der Waals surface area contributed by atoms with Crippen molar-refractivity contribution in [1.82, 2.24) is 0 Å². The first kappa shape index (κ1) is 25.0. The Labute approximate surface area is 210 Å². The molecule has 5 unspecified atom stereocenters. The summed E-state index contributed by atoms with van der Waals surface area (Å²) in [7, 11) is 0. The molecule has 1 saturated carbocycles. The van der Waals surface area contributed by atoms with E-state index in [0.717, 1.165) is 55.8 Å². The number of rotatable bonds is 6. The highest BCUT2D eigenvalue weighted by Crippen LogP contribution is 2.50. The molecule has 3 aliphatic rings. The number of halogens is 1. The summed E-state index contributed by atoms with van der Waals surface area (Å²) in [4.78, 5) is 0. The zero-order valence-corrected chi connectivity index (χ0v) is 20.3. The van der Waals surface area contributed by atoms with Crippen LogP contribution in [0.1, 0.15) is 48.5 Å². The minimum absolute atomic E-state index is 0.267. The lowest BCUT2D eigenvalue weighted by Crippen LogP contribution is -2.55. The first-order valence-electron chi connectivity index (χ1n) is 12.3. The Morgan fingerprint density at radius 3 is 2.34 bits per heavy atom. The highest BCUT2D eigenvalue weighted by atomic mass is 35.5. The zero-order chi connectivity index (χ0) is 24.6. The summed E-state index contributed by atoms with van der Waals surface area (Å²) < 4.78 is 17.4. The third-order valence-corrected chi connectivity index (χ3v) is 8.15.